The number of likely N-dealkylation sites (N-methyl/N-ethyl adjacent to an activating group) is 1. The van der Waals surface area contributed by atoms with Crippen LogP contribution in [0.25, 0.3) is 0 Å². The maximum Gasteiger partial charge on any atom is 0.305 e. The van der Waals surface area contributed by atoms with Gasteiger partial charge in [0.05, 0.1) is 31.0 Å². The predicted octanol–water partition coefficient (Wildman–Crippen LogP) is 7.38. The van der Waals surface area contributed by atoms with Crippen molar-refractivity contribution >= 4 is 90.0 Å². The van der Waals surface area contributed by atoms with Crippen molar-refractivity contribution in [2.24, 2.45) is 0 Å². The standard InChI is InChI=1S/C36H40ClI2N3O5S/c1-35(2)27-19-25(38)9-11-29(27)40(16-15-33(43)44)31(35)13-7-23-21-42(5,6)22-24(34(23)37)8-14-32-36(3,4)28-20-26(39)10-12-30(28)41(32)17-18-48(45,46)47/h7-14,19-20H,15-18,21-22H2,1-6H3/p+2. The monoisotopic (exact) mass is 917 g/mol. The number of aliphatic carboxylic acids is 1. The minimum Gasteiger partial charge on any atom is -0.481 e. The Bertz CT molecular complexity index is 1960. The number of hydrogen-bond acceptors (Lipinski definition) is 4. The van der Waals surface area contributed by atoms with Crippen LogP contribution in [0.5, 0.6) is 0 Å². The fraction of sp³-hybridized carbons (Fsp3) is 0.389. The molecule has 0 spiro atoms. The highest BCUT2D eigenvalue weighted by Crippen LogP contribution is 2.48. The summed E-state index contributed by atoms with van der Waals surface area (Å²) in [4.78, 5) is 13.7. The quantitative estimate of drug-likeness (QED) is 0.118. The summed E-state index contributed by atoms with van der Waals surface area (Å²) in [5.41, 5.74) is 7.37. The second kappa shape index (κ2) is 13.6. The first kappa shape index (κ1) is 37.2. The SMILES string of the molecule is CC1(C)C(/C=C/C2=C(Cl)C(=C/C=C3/N(CCC(=O)O)c4ccc(I)cc4C3(C)C)/C[N+](C)(C)C2)=[N+](CCS(=O)(=O)O)c2ccc(I)cc21. The van der Waals surface area contributed by atoms with E-state index in [4.69, 9.17) is 11.6 Å². The highest BCUT2D eigenvalue weighted by Gasteiger charge is 2.45. The molecule has 0 fully saturated rings. The van der Waals surface area contributed by atoms with E-state index in [9.17, 15) is 22.9 Å². The summed E-state index contributed by atoms with van der Waals surface area (Å²) in [5, 5.41) is 10.2. The number of rotatable bonds is 9. The molecule has 5 rings (SSSR count). The smallest absolute Gasteiger partial charge is 0.305 e. The molecule has 256 valence electrons. The van der Waals surface area contributed by atoms with E-state index in [2.05, 4.69) is 128 Å². The Morgan fingerprint density at radius 2 is 1.65 bits per heavy atom. The number of halogens is 3. The lowest BCUT2D eigenvalue weighted by Crippen LogP contribution is -2.45. The van der Waals surface area contributed by atoms with Crippen molar-refractivity contribution in [3.8, 4) is 0 Å². The number of quaternary nitrogens is 1. The van der Waals surface area contributed by atoms with Gasteiger partial charge in [0.1, 0.15) is 18.8 Å². The highest BCUT2D eigenvalue weighted by atomic mass is 127. The van der Waals surface area contributed by atoms with Crippen LogP contribution < -0.4 is 4.90 Å². The fourth-order valence-corrected chi connectivity index (χ4v) is 8.77. The molecule has 2 aromatic rings. The lowest BCUT2D eigenvalue weighted by atomic mass is 9.81. The second-order valence-corrected chi connectivity index (χ2v) is 18.8. The lowest BCUT2D eigenvalue weighted by molar-refractivity contribution is -0.881. The third-order valence-electron chi connectivity index (χ3n) is 9.48. The highest BCUT2D eigenvalue weighted by molar-refractivity contribution is 14.1. The van der Waals surface area contributed by atoms with Crippen LogP contribution in [-0.4, -0.2) is 84.8 Å². The molecule has 48 heavy (non-hydrogen) atoms. The number of carboxylic acids is 1. The first-order valence-electron chi connectivity index (χ1n) is 15.7. The minimum absolute atomic E-state index is 0.0222. The van der Waals surface area contributed by atoms with Gasteiger partial charge in [-0.1, -0.05) is 31.5 Å². The molecule has 0 radical (unpaired) electrons. The van der Waals surface area contributed by atoms with Crippen molar-refractivity contribution in [1.82, 2.24) is 0 Å². The Kier molecular flexibility index (Phi) is 10.5. The number of nitrogens with zero attached hydrogens (tertiary/aromatic N) is 3. The molecule has 0 aromatic heterocycles. The van der Waals surface area contributed by atoms with Crippen LogP contribution in [0.4, 0.5) is 11.4 Å². The zero-order chi connectivity index (χ0) is 35.4. The first-order valence-corrected chi connectivity index (χ1v) is 19.9. The van der Waals surface area contributed by atoms with Crippen molar-refractivity contribution in [3.05, 3.63) is 101 Å². The normalized spacial score (nSPS) is 21.5. The number of carbonyl (C=O) groups is 1. The van der Waals surface area contributed by atoms with Gasteiger partial charge in [-0.2, -0.15) is 13.0 Å². The number of carboxylic acid groups (broad SMARTS) is 1. The molecule has 0 saturated carbocycles. The van der Waals surface area contributed by atoms with Gasteiger partial charge in [0.2, 0.25) is 5.69 Å². The van der Waals surface area contributed by atoms with Gasteiger partial charge in [-0.15, -0.1) is 0 Å². The molecule has 3 heterocycles. The Balaban J connectivity index is 1.57. The summed E-state index contributed by atoms with van der Waals surface area (Å²) in [7, 11) is 0.166. The Morgan fingerprint density at radius 3 is 2.29 bits per heavy atom. The van der Waals surface area contributed by atoms with Gasteiger partial charge >= 0.3 is 5.97 Å². The first-order chi connectivity index (χ1) is 22.2. The fourth-order valence-electron chi connectivity index (χ4n) is 7.13. The van der Waals surface area contributed by atoms with Crippen molar-refractivity contribution in [1.29, 1.82) is 0 Å². The number of fused-ring (bicyclic) bond motifs is 2. The number of allylic oxidation sites excluding steroid dienone is 4. The zero-order valence-electron chi connectivity index (χ0n) is 28.0. The number of anilines is 1. The van der Waals surface area contributed by atoms with E-state index in [1.165, 1.54) is 5.56 Å². The molecule has 3 aliphatic rings. The van der Waals surface area contributed by atoms with Gasteiger partial charge in [0.15, 0.2) is 12.3 Å². The van der Waals surface area contributed by atoms with Gasteiger partial charge in [-0.25, -0.2) is 0 Å². The summed E-state index contributed by atoms with van der Waals surface area (Å²) >= 11 is 11.8. The van der Waals surface area contributed by atoms with E-state index in [-0.39, 0.29) is 24.1 Å². The number of benzene rings is 2. The third-order valence-corrected chi connectivity index (χ3v) is 12.0. The topological polar surface area (TPSA) is 97.9 Å². The summed E-state index contributed by atoms with van der Waals surface area (Å²) in [6.45, 7) is 10.5. The number of hydrogen-bond donors (Lipinski definition) is 2. The van der Waals surface area contributed by atoms with E-state index < -0.39 is 21.5 Å². The molecule has 8 nitrogen and oxygen atoms in total. The van der Waals surface area contributed by atoms with Crippen LogP contribution in [0.15, 0.2) is 82.6 Å². The summed E-state index contributed by atoms with van der Waals surface area (Å²) < 4.78 is 38.0. The van der Waals surface area contributed by atoms with Crippen LogP contribution in [-0.2, 0) is 25.7 Å². The van der Waals surface area contributed by atoms with Gasteiger partial charge < -0.3 is 14.5 Å². The van der Waals surface area contributed by atoms with Gasteiger partial charge in [0.25, 0.3) is 10.1 Å². The minimum atomic E-state index is -4.16. The molecule has 0 aliphatic carbocycles. The van der Waals surface area contributed by atoms with E-state index in [0.29, 0.717) is 29.1 Å². The van der Waals surface area contributed by atoms with E-state index in [1.54, 1.807) is 0 Å². The Morgan fingerprint density at radius 1 is 1.00 bits per heavy atom. The maximum atomic E-state index is 11.8. The van der Waals surface area contributed by atoms with Crippen molar-refractivity contribution in [2.75, 3.05) is 50.9 Å². The molecule has 12 heteroatoms. The molecule has 0 atom stereocenters. The van der Waals surface area contributed by atoms with Gasteiger partial charge in [-0.3, -0.25) is 9.35 Å². The molecular weight excluding hydrogens is 876 g/mol. The van der Waals surface area contributed by atoms with Crippen LogP contribution in [0, 0.1) is 7.14 Å². The molecule has 0 unspecified atom stereocenters. The molecule has 0 saturated heterocycles. The molecule has 3 aliphatic heterocycles. The molecule has 2 N–H and O–H groups in total. The second-order valence-electron chi connectivity index (χ2n) is 14.4. The van der Waals surface area contributed by atoms with Crippen molar-refractivity contribution in [3.63, 3.8) is 0 Å². The average Bonchev–Trinajstić information content (AvgIpc) is 3.31. The molecule has 2 aromatic carbocycles. The van der Waals surface area contributed by atoms with Crippen LogP contribution >= 0.6 is 56.8 Å². The largest absolute Gasteiger partial charge is 0.481 e. The van der Waals surface area contributed by atoms with E-state index >= 15 is 0 Å². The van der Waals surface area contributed by atoms with Crippen molar-refractivity contribution < 1.29 is 31.9 Å². The van der Waals surface area contributed by atoms with Gasteiger partial charge in [0, 0.05) is 59.3 Å². The summed E-state index contributed by atoms with van der Waals surface area (Å²) in [5.74, 6) is -1.22. The zero-order valence-corrected chi connectivity index (χ0v) is 33.9. The molecule has 0 amide bonds. The lowest BCUT2D eigenvalue weighted by Gasteiger charge is -2.35. The summed E-state index contributed by atoms with van der Waals surface area (Å²) in [6, 6.07) is 12.4. The Labute approximate surface area is 316 Å². The predicted molar refractivity (Wildman–Crippen MR) is 210 cm³/mol. The van der Waals surface area contributed by atoms with Gasteiger partial charge in [-0.05, 0) is 107 Å². The molecular formula is C36H42ClI2N3O5S+2. The van der Waals surface area contributed by atoms with E-state index in [0.717, 1.165) is 46.6 Å². The summed E-state index contributed by atoms with van der Waals surface area (Å²) in [6.07, 6.45) is 8.30. The van der Waals surface area contributed by atoms with E-state index in [1.807, 2.05) is 28.9 Å². The van der Waals surface area contributed by atoms with Crippen molar-refractivity contribution in [2.45, 2.75) is 44.9 Å². The van der Waals surface area contributed by atoms with Crippen LogP contribution in [0.2, 0.25) is 0 Å². The van der Waals surface area contributed by atoms with Crippen LogP contribution in [0.3, 0.4) is 0 Å². The molecule has 0 bridgehead atoms. The Hall–Kier alpha value is -2.04. The van der Waals surface area contributed by atoms with Crippen LogP contribution in [0.1, 0.15) is 45.2 Å². The maximum absolute atomic E-state index is 11.8. The third kappa shape index (κ3) is 7.65. The average molecular weight is 918 g/mol.